The molecule has 3 nitrogen and oxygen atoms in total. The summed E-state index contributed by atoms with van der Waals surface area (Å²) in [5.74, 6) is -0.250. The highest BCUT2D eigenvalue weighted by molar-refractivity contribution is 9.10. The summed E-state index contributed by atoms with van der Waals surface area (Å²) in [4.78, 5) is 11.3. The molecule has 1 aromatic rings. The van der Waals surface area contributed by atoms with E-state index in [0.29, 0.717) is 11.3 Å². The smallest absolute Gasteiger partial charge is 0.405 e. The van der Waals surface area contributed by atoms with Crippen LogP contribution in [0.3, 0.4) is 0 Å². The van der Waals surface area contributed by atoms with Gasteiger partial charge in [-0.2, -0.15) is 13.2 Å². The minimum atomic E-state index is -4.40. The zero-order chi connectivity index (χ0) is 13.8. The fourth-order valence-corrected chi connectivity index (χ4v) is 1.64. The van der Waals surface area contributed by atoms with Gasteiger partial charge in [0, 0.05) is 10.0 Å². The zero-order valence-electron chi connectivity index (χ0n) is 9.47. The van der Waals surface area contributed by atoms with Crippen LogP contribution in [0.5, 0.6) is 5.75 Å². The van der Waals surface area contributed by atoms with Gasteiger partial charge in [0.15, 0.2) is 0 Å². The summed E-state index contributed by atoms with van der Waals surface area (Å²) < 4.78 is 41.5. The summed E-state index contributed by atoms with van der Waals surface area (Å²) in [6.07, 6.45) is -4.56. The molecule has 0 atom stereocenters. The molecule has 0 heterocycles. The Morgan fingerprint density at radius 3 is 2.67 bits per heavy atom. The minimum absolute atomic E-state index is 0.160. The van der Waals surface area contributed by atoms with Gasteiger partial charge in [-0.1, -0.05) is 22.0 Å². The molecule has 0 bridgehead atoms. The molecule has 0 saturated heterocycles. The van der Waals surface area contributed by atoms with E-state index in [0.717, 1.165) is 4.47 Å². The number of rotatable bonds is 4. The normalized spacial score (nSPS) is 11.2. The average Bonchev–Trinajstić information content (AvgIpc) is 2.28. The first-order chi connectivity index (χ1) is 8.31. The van der Waals surface area contributed by atoms with E-state index in [1.807, 2.05) is 0 Å². The molecule has 0 saturated carbocycles. The van der Waals surface area contributed by atoms with Crippen LogP contribution in [0.15, 0.2) is 22.7 Å². The standard InChI is InChI=1S/C11H11BrF3NO2/c1-18-9-5-8(12)3-2-7(9)4-10(17)16-6-11(13,14)15/h2-3,5H,4,6H2,1H3,(H,16,17). The molecule has 1 aromatic carbocycles. The van der Waals surface area contributed by atoms with E-state index in [4.69, 9.17) is 4.74 Å². The molecule has 0 aliphatic rings. The number of halogens is 4. The first-order valence-electron chi connectivity index (χ1n) is 4.97. The van der Waals surface area contributed by atoms with Crippen molar-refractivity contribution in [1.29, 1.82) is 0 Å². The molecule has 0 spiro atoms. The summed E-state index contributed by atoms with van der Waals surface area (Å²) >= 11 is 3.23. The van der Waals surface area contributed by atoms with Crippen LogP contribution in [0.1, 0.15) is 5.56 Å². The van der Waals surface area contributed by atoms with E-state index >= 15 is 0 Å². The Hall–Kier alpha value is -1.24. The molecular weight excluding hydrogens is 315 g/mol. The van der Waals surface area contributed by atoms with Gasteiger partial charge in [0.25, 0.3) is 0 Å². The minimum Gasteiger partial charge on any atom is -0.496 e. The second kappa shape index (κ2) is 6.08. The molecule has 1 N–H and O–H groups in total. The van der Waals surface area contributed by atoms with E-state index < -0.39 is 18.6 Å². The number of amides is 1. The summed E-state index contributed by atoms with van der Waals surface area (Å²) in [6.45, 7) is -1.33. The molecule has 0 aliphatic carbocycles. The molecule has 0 aliphatic heterocycles. The predicted molar refractivity (Wildman–Crippen MR) is 63.5 cm³/mol. The van der Waals surface area contributed by atoms with Gasteiger partial charge in [0.2, 0.25) is 5.91 Å². The molecule has 0 fully saturated rings. The lowest BCUT2D eigenvalue weighted by Gasteiger charge is -2.10. The van der Waals surface area contributed by atoms with Gasteiger partial charge in [0.1, 0.15) is 12.3 Å². The lowest BCUT2D eigenvalue weighted by Crippen LogP contribution is -2.34. The maximum Gasteiger partial charge on any atom is 0.405 e. The summed E-state index contributed by atoms with van der Waals surface area (Å²) in [6, 6.07) is 4.96. The number of hydrogen-bond acceptors (Lipinski definition) is 2. The van der Waals surface area contributed by atoms with Crippen LogP contribution in [0.25, 0.3) is 0 Å². The molecule has 7 heteroatoms. The van der Waals surface area contributed by atoms with Crippen LogP contribution in [-0.2, 0) is 11.2 Å². The molecule has 0 radical (unpaired) electrons. The Labute approximate surface area is 110 Å². The summed E-state index contributed by atoms with van der Waals surface area (Å²) in [7, 11) is 1.43. The molecule has 0 unspecified atom stereocenters. The first-order valence-corrected chi connectivity index (χ1v) is 5.77. The van der Waals surface area contributed by atoms with Crippen molar-refractivity contribution in [3.63, 3.8) is 0 Å². The highest BCUT2D eigenvalue weighted by atomic mass is 79.9. The van der Waals surface area contributed by atoms with Crippen molar-refractivity contribution in [2.75, 3.05) is 13.7 Å². The van der Waals surface area contributed by atoms with Crippen LogP contribution in [-0.4, -0.2) is 25.7 Å². The fraction of sp³-hybridized carbons (Fsp3) is 0.364. The number of ether oxygens (including phenoxy) is 1. The first kappa shape index (κ1) is 14.8. The maximum absolute atomic E-state index is 11.9. The number of alkyl halides is 3. The van der Waals surface area contributed by atoms with Crippen LogP contribution < -0.4 is 10.1 Å². The lowest BCUT2D eigenvalue weighted by molar-refractivity contribution is -0.138. The Morgan fingerprint density at radius 1 is 1.44 bits per heavy atom. The number of methoxy groups -OCH3 is 1. The van der Waals surface area contributed by atoms with Gasteiger partial charge in [-0.05, 0) is 12.1 Å². The van der Waals surface area contributed by atoms with Crippen LogP contribution in [0, 0.1) is 0 Å². The van der Waals surface area contributed by atoms with Gasteiger partial charge in [-0.25, -0.2) is 0 Å². The van der Waals surface area contributed by atoms with E-state index in [-0.39, 0.29) is 6.42 Å². The largest absolute Gasteiger partial charge is 0.496 e. The molecule has 100 valence electrons. The van der Waals surface area contributed by atoms with Crippen molar-refractivity contribution >= 4 is 21.8 Å². The summed E-state index contributed by atoms with van der Waals surface area (Å²) in [5, 5.41) is 1.81. The average molecular weight is 326 g/mol. The van der Waals surface area contributed by atoms with E-state index in [9.17, 15) is 18.0 Å². The van der Waals surface area contributed by atoms with E-state index in [1.165, 1.54) is 7.11 Å². The number of carbonyl (C=O) groups is 1. The van der Waals surface area contributed by atoms with Gasteiger partial charge in [0.05, 0.1) is 13.5 Å². The van der Waals surface area contributed by atoms with E-state index in [1.54, 1.807) is 23.5 Å². The third kappa shape index (κ3) is 4.95. The third-order valence-electron chi connectivity index (χ3n) is 2.09. The highest BCUT2D eigenvalue weighted by Gasteiger charge is 2.27. The van der Waals surface area contributed by atoms with Crippen LogP contribution in [0.4, 0.5) is 13.2 Å². The van der Waals surface area contributed by atoms with Crippen molar-refractivity contribution in [2.45, 2.75) is 12.6 Å². The van der Waals surface area contributed by atoms with Crippen molar-refractivity contribution in [3.8, 4) is 5.75 Å². The Kier molecular flexibility index (Phi) is 5.01. The fourth-order valence-electron chi connectivity index (χ4n) is 1.30. The monoisotopic (exact) mass is 325 g/mol. The SMILES string of the molecule is COc1cc(Br)ccc1CC(=O)NCC(F)(F)F. The van der Waals surface area contributed by atoms with Gasteiger partial charge >= 0.3 is 6.18 Å². The molecule has 0 aromatic heterocycles. The molecule has 1 rings (SSSR count). The third-order valence-corrected chi connectivity index (χ3v) is 2.58. The summed E-state index contributed by atoms with van der Waals surface area (Å²) in [5.41, 5.74) is 0.528. The Bertz CT molecular complexity index is 435. The topological polar surface area (TPSA) is 38.3 Å². The number of benzene rings is 1. The predicted octanol–water partition coefficient (Wildman–Crippen LogP) is 2.68. The zero-order valence-corrected chi connectivity index (χ0v) is 11.1. The van der Waals surface area contributed by atoms with Gasteiger partial charge < -0.3 is 10.1 Å². The highest BCUT2D eigenvalue weighted by Crippen LogP contribution is 2.23. The molecule has 1 amide bonds. The van der Waals surface area contributed by atoms with Gasteiger partial charge in [-0.3, -0.25) is 4.79 Å². The number of nitrogens with one attached hydrogen (secondary N) is 1. The Balaban J connectivity index is 2.64. The van der Waals surface area contributed by atoms with Crippen molar-refractivity contribution in [1.82, 2.24) is 5.32 Å². The number of hydrogen-bond donors (Lipinski definition) is 1. The second-order valence-corrected chi connectivity index (χ2v) is 4.44. The molecular formula is C11H11BrF3NO2. The van der Waals surface area contributed by atoms with Gasteiger partial charge in [-0.15, -0.1) is 0 Å². The molecule has 18 heavy (non-hydrogen) atoms. The van der Waals surface area contributed by atoms with Crippen molar-refractivity contribution < 1.29 is 22.7 Å². The lowest BCUT2D eigenvalue weighted by atomic mass is 10.1. The van der Waals surface area contributed by atoms with Crippen LogP contribution in [0.2, 0.25) is 0 Å². The second-order valence-electron chi connectivity index (χ2n) is 3.52. The quantitative estimate of drug-likeness (QED) is 0.924. The van der Waals surface area contributed by atoms with Crippen molar-refractivity contribution in [3.05, 3.63) is 28.2 Å². The van der Waals surface area contributed by atoms with E-state index in [2.05, 4.69) is 15.9 Å². The Morgan fingerprint density at radius 2 is 2.11 bits per heavy atom. The maximum atomic E-state index is 11.9. The van der Waals surface area contributed by atoms with Crippen LogP contribution >= 0.6 is 15.9 Å². The van der Waals surface area contributed by atoms with Crippen molar-refractivity contribution in [2.24, 2.45) is 0 Å². The number of carbonyl (C=O) groups excluding carboxylic acids is 1.